The van der Waals surface area contributed by atoms with Crippen LogP contribution in [-0.4, -0.2) is 11.2 Å². The Morgan fingerprint density at radius 2 is 1.61 bits per heavy atom. The molecule has 18 heavy (non-hydrogen) atoms. The Morgan fingerprint density at radius 3 is 2.06 bits per heavy atom. The van der Waals surface area contributed by atoms with E-state index in [4.69, 9.17) is 16.9 Å². The second-order valence-corrected chi connectivity index (χ2v) is 3.92. The maximum Gasteiger partial charge on any atom is 0.374 e. The van der Waals surface area contributed by atoms with Crippen LogP contribution in [0.2, 0.25) is 5.02 Å². The molecule has 2 rings (SSSR count). The molecule has 2 aromatic rings. The lowest BCUT2D eigenvalue weighted by molar-refractivity contribution is -0.182. The number of rotatable bonds is 1. The largest absolute Gasteiger partial charge is 0.374 e. The van der Waals surface area contributed by atoms with Gasteiger partial charge in [-0.25, -0.2) is 4.79 Å². The van der Waals surface area contributed by atoms with Crippen molar-refractivity contribution in [2.75, 3.05) is 0 Å². The van der Waals surface area contributed by atoms with E-state index in [1.165, 1.54) is 17.7 Å². The van der Waals surface area contributed by atoms with Crippen LogP contribution in [-0.2, 0) is 4.89 Å². The third-order valence-corrected chi connectivity index (χ3v) is 2.45. The van der Waals surface area contributed by atoms with Crippen molar-refractivity contribution in [2.45, 2.75) is 6.92 Å². The molecule has 4 heteroatoms. The van der Waals surface area contributed by atoms with Crippen molar-refractivity contribution >= 4 is 17.6 Å². The van der Waals surface area contributed by atoms with E-state index >= 15 is 0 Å². The van der Waals surface area contributed by atoms with Crippen LogP contribution in [0.4, 0.5) is 0 Å². The van der Waals surface area contributed by atoms with Gasteiger partial charge in [-0.05, 0) is 19.1 Å². The molecule has 0 radical (unpaired) electrons. The molecule has 94 valence electrons. The first-order chi connectivity index (χ1) is 8.65. The van der Waals surface area contributed by atoms with E-state index in [9.17, 15) is 4.79 Å². The summed E-state index contributed by atoms with van der Waals surface area (Å²) in [6.07, 6.45) is 0. The molecule has 0 bridgehead atoms. The van der Waals surface area contributed by atoms with Gasteiger partial charge in [0, 0.05) is 0 Å². The number of hydrogen-bond donors (Lipinski definition) is 1. The fourth-order valence-electron chi connectivity index (χ4n) is 1.21. The quantitative estimate of drug-likeness (QED) is 0.626. The van der Waals surface area contributed by atoms with Crippen molar-refractivity contribution in [1.29, 1.82) is 0 Å². The smallest absolute Gasteiger partial charge is 0.295 e. The maximum absolute atomic E-state index is 10.7. The average molecular weight is 265 g/mol. The molecule has 2 aromatic carbocycles. The van der Waals surface area contributed by atoms with E-state index in [-0.39, 0.29) is 10.6 Å². The lowest BCUT2D eigenvalue weighted by Gasteiger charge is -1.97. The van der Waals surface area contributed by atoms with Crippen molar-refractivity contribution in [3.63, 3.8) is 0 Å². The summed E-state index contributed by atoms with van der Waals surface area (Å²) in [4.78, 5) is 14.2. The predicted molar refractivity (Wildman–Crippen MR) is 70.7 cm³/mol. The highest BCUT2D eigenvalue weighted by Crippen LogP contribution is 2.15. The maximum atomic E-state index is 10.7. The van der Waals surface area contributed by atoms with Gasteiger partial charge >= 0.3 is 5.97 Å². The molecule has 0 spiro atoms. The normalized spacial score (nSPS) is 9.06. The van der Waals surface area contributed by atoms with Crippen LogP contribution in [0.5, 0.6) is 0 Å². The van der Waals surface area contributed by atoms with Gasteiger partial charge in [-0.15, -0.1) is 0 Å². The van der Waals surface area contributed by atoms with Crippen LogP contribution < -0.4 is 0 Å². The monoisotopic (exact) mass is 264 g/mol. The minimum atomic E-state index is -0.851. The minimum absolute atomic E-state index is 0.150. The summed E-state index contributed by atoms with van der Waals surface area (Å²) in [6.45, 7) is 2.08. The Balaban J connectivity index is 0.000000199. The third kappa shape index (κ3) is 4.57. The molecule has 0 unspecified atom stereocenters. The molecule has 1 N–H and O–H groups in total. The summed E-state index contributed by atoms with van der Waals surface area (Å²) in [6, 6.07) is 16.6. The molecule has 0 aliphatic carbocycles. The summed E-state index contributed by atoms with van der Waals surface area (Å²) in [5.74, 6) is -0.851. The molecule has 0 fully saturated rings. The standard InChI is InChI=1S/C7H5ClO3.C7H8/c8-6-4-2-1-3-5(6)7(9)11-10;1-7-5-3-2-4-6-7/h1-4,10H;2-6H,1H3. The summed E-state index contributed by atoms with van der Waals surface area (Å²) in [5.41, 5.74) is 1.47. The van der Waals surface area contributed by atoms with E-state index in [2.05, 4.69) is 23.9 Å². The zero-order valence-corrected chi connectivity index (χ0v) is 10.6. The third-order valence-electron chi connectivity index (χ3n) is 2.12. The highest BCUT2D eigenvalue weighted by atomic mass is 35.5. The molecule has 0 aromatic heterocycles. The highest BCUT2D eigenvalue weighted by Gasteiger charge is 2.09. The zero-order valence-electron chi connectivity index (χ0n) is 9.84. The van der Waals surface area contributed by atoms with E-state index in [0.29, 0.717) is 0 Å². The van der Waals surface area contributed by atoms with Crippen molar-refractivity contribution in [2.24, 2.45) is 0 Å². The van der Waals surface area contributed by atoms with Gasteiger partial charge in [-0.2, -0.15) is 5.26 Å². The van der Waals surface area contributed by atoms with Crippen LogP contribution in [0.25, 0.3) is 0 Å². The Morgan fingerprint density at radius 1 is 1.06 bits per heavy atom. The zero-order chi connectivity index (χ0) is 13.4. The Labute approximate surface area is 111 Å². The van der Waals surface area contributed by atoms with Gasteiger partial charge in [0.1, 0.15) is 0 Å². The lowest BCUT2D eigenvalue weighted by atomic mass is 10.2. The molecule has 3 nitrogen and oxygen atoms in total. The van der Waals surface area contributed by atoms with Crippen molar-refractivity contribution in [3.8, 4) is 0 Å². The average Bonchev–Trinajstić information content (AvgIpc) is 2.40. The van der Waals surface area contributed by atoms with Crippen LogP contribution in [0.15, 0.2) is 54.6 Å². The van der Waals surface area contributed by atoms with Gasteiger partial charge in [0.15, 0.2) is 0 Å². The molecule has 0 saturated heterocycles. The number of benzene rings is 2. The Bertz CT molecular complexity index is 497. The molecule has 0 aliphatic rings. The predicted octanol–water partition coefficient (Wildman–Crippen LogP) is 3.96. The van der Waals surface area contributed by atoms with Gasteiger partial charge in [-0.1, -0.05) is 59.6 Å². The lowest BCUT2D eigenvalue weighted by Crippen LogP contribution is -2.01. The molecule has 0 heterocycles. The molecular weight excluding hydrogens is 252 g/mol. The summed E-state index contributed by atoms with van der Waals surface area (Å²) in [7, 11) is 0. The first kappa shape index (κ1) is 14.2. The number of carbonyl (C=O) groups is 1. The van der Waals surface area contributed by atoms with Gasteiger partial charge in [0.25, 0.3) is 0 Å². The van der Waals surface area contributed by atoms with Crippen LogP contribution in [0.1, 0.15) is 15.9 Å². The van der Waals surface area contributed by atoms with E-state index in [0.717, 1.165) is 0 Å². The number of halogens is 1. The Hall–Kier alpha value is -1.84. The number of aryl methyl sites for hydroxylation is 1. The molecule has 0 aliphatic heterocycles. The molecule has 0 amide bonds. The second-order valence-electron chi connectivity index (χ2n) is 3.51. The van der Waals surface area contributed by atoms with Crippen LogP contribution in [0.3, 0.4) is 0 Å². The first-order valence-electron chi connectivity index (χ1n) is 5.27. The van der Waals surface area contributed by atoms with Gasteiger partial charge in [0.05, 0.1) is 10.6 Å². The number of carbonyl (C=O) groups excluding carboxylic acids is 1. The van der Waals surface area contributed by atoms with Crippen molar-refractivity contribution < 1.29 is 14.9 Å². The second kappa shape index (κ2) is 7.48. The summed E-state index contributed by atoms with van der Waals surface area (Å²) >= 11 is 5.59. The fraction of sp³-hybridized carbons (Fsp3) is 0.0714. The Kier molecular flexibility index (Phi) is 5.91. The molecule has 0 atom stereocenters. The highest BCUT2D eigenvalue weighted by molar-refractivity contribution is 6.33. The summed E-state index contributed by atoms with van der Waals surface area (Å²) in [5, 5.41) is 8.26. The van der Waals surface area contributed by atoms with Gasteiger partial charge < -0.3 is 0 Å². The molecular formula is C14H13ClO3. The van der Waals surface area contributed by atoms with Gasteiger partial charge in [0.2, 0.25) is 0 Å². The first-order valence-corrected chi connectivity index (χ1v) is 5.65. The summed E-state index contributed by atoms with van der Waals surface area (Å²) < 4.78 is 0. The van der Waals surface area contributed by atoms with E-state index in [1.807, 2.05) is 18.2 Å². The van der Waals surface area contributed by atoms with E-state index in [1.54, 1.807) is 12.1 Å². The van der Waals surface area contributed by atoms with Crippen molar-refractivity contribution in [1.82, 2.24) is 0 Å². The van der Waals surface area contributed by atoms with Crippen molar-refractivity contribution in [3.05, 3.63) is 70.7 Å². The fourth-order valence-corrected chi connectivity index (χ4v) is 1.42. The SMILES string of the molecule is Cc1ccccc1.O=C(OO)c1ccccc1Cl. The van der Waals surface area contributed by atoms with Crippen LogP contribution >= 0.6 is 11.6 Å². The molecule has 0 saturated carbocycles. The van der Waals surface area contributed by atoms with E-state index < -0.39 is 5.97 Å². The van der Waals surface area contributed by atoms with Crippen LogP contribution in [0, 0.1) is 6.92 Å². The topological polar surface area (TPSA) is 46.5 Å². The number of hydrogen-bond acceptors (Lipinski definition) is 3. The van der Waals surface area contributed by atoms with Gasteiger partial charge in [-0.3, -0.25) is 4.89 Å². The minimum Gasteiger partial charge on any atom is -0.295 e.